The van der Waals surface area contributed by atoms with E-state index < -0.39 is 9.84 Å². The highest BCUT2D eigenvalue weighted by molar-refractivity contribution is 7.90. The Morgan fingerprint density at radius 1 is 1.73 bits per heavy atom. The van der Waals surface area contributed by atoms with Crippen molar-refractivity contribution in [2.45, 2.75) is 11.6 Å². The average molecular weight is 192 g/mol. The molecule has 0 aromatic carbocycles. The smallest absolute Gasteiger partial charge is 0.193 e. The molecule has 0 bridgehead atoms. The molecule has 11 heavy (non-hydrogen) atoms. The lowest BCUT2D eigenvalue weighted by molar-refractivity contribution is 0.599. The van der Waals surface area contributed by atoms with Gasteiger partial charge < -0.3 is 5.73 Å². The van der Waals surface area contributed by atoms with Crippen molar-refractivity contribution < 1.29 is 8.42 Å². The van der Waals surface area contributed by atoms with E-state index in [1.807, 2.05) is 0 Å². The first-order chi connectivity index (χ1) is 5.04. The monoisotopic (exact) mass is 192 g/mol. The van der Waals surface area contributed by atoms with Crippen LogP contribution in [0.4, 0.5) is 0 Å². The molecule has 0 saturated carbocycles. The molecule has 1 aromatic rings. The summed E-state index contributed by atoms with van der Waals surface area (Å²) in [6.07, 6.45) is 1.13. The Morgan fingerprint density at radius 3 is 2.64 bits per heavy atom. The van der Waals surface area contributed by atoms with Crippen molar-refractivity contribution in [3.63, 3.8) is 0 Å². The van der Waals surface area contributed by atoms with E-state index in [0.29, 0.717) is 6.54 Å². The Labute approximate surface area is 69.1 Å². The maximum atomic E-state index is 10.9. The van der Waals surface area contributed by atoms with Gasteiger partial charge in [-0.1, -0.05) is 0 Å². The summed E-state index contributed by atoms with van der Waals surface area (Å²) in [6.45, 7) is 0.340. The van der Waals surface area contributed by atoms with Crippen LogP contribution >= 0.6 is 11.5 Å². The zero-order valence-corrected chi connectivity index (χ0v) is 7.58. The molecule has 6 heteroatoms. The standard InChI is InChI=1S/C5H8N2O2S2/c1-11(8,9)5-2-4(3-6)10-7-5/h2H,3,6H2,1H3. The SMILES string of the molecule is CS(=O)(=O)c1cc(CN)sn1. The van der Waals surface area contributed by atoms with Crippen LogP contribution < -0.4 is 5.73 Å². The lowest BCUT2D eigenvalue weighted by Gasteiger charge is -1.86. The van der Waals surface area contributed by atoms with Gasteiger partial charge in [-0.05, 0) is 17.6 Å². The zero-order valence-electron chi connectivity index (χ0n) is 5.94. The molecule has 0 atom stereocenters. The fourth-order valence-electron chi connectivity index (χ4n) is 0.565. The summed E-state index contributed by atoms with van der Waals surface area (Å²) >= 11 is 1.12. The molecular weight excluding hydrogens is 184 g/mol. The summed E-state index contributed by atoms with van der Waals surface area (Å²) in [5.41, 5.74) is 5.28. The van der Waals surface area contributed by atoms with Gasteiger partial charge in [-0.2, -0.15) is 4.37 Å². The van der Waals surface area contributed by atoms with Crippen LogP contribution in [0, 0.1) is 0 Å². The highest BCUT2D eigenvalue weighted by Crippen LogP contribution is 2.13. The number of hydrogen-bond donors (Lipinski definition) is 1. The van der Waals surface area contributed by atoms with Gasteiger partial charge in [0.1, 0.15) is 0 Å². The minimum Gasteiger partial charge on any atom is -0.326 e. The summed E-state index contributed by atoms with van der Waals surface area (Å²) in [4.78, 5) is 0.783. The molecule has 0 aliphatic carbocycles. The number of nitrogens with two attached hydrogens (primary N) is 1. The minimum absolute atomic E-state index is 0.114. The largest absolute Gasteiger partial charge is 0.326 e. The molecule has 0 spiro atoms. The van der Waals surface area contributed by atoms with Crippen LogP contribution in [0.15, 0.2) is 11.1 Å². The van der Waals surface area contributed by atoms with Crippen molar-refractivity contribution in [2.75, 3.05) is 6.26 Å². The number of hydrogen-bond acceptors (Lipinski definition) is 5. The number of nitrogens with zero attached hydrogens (tertiary/aromatic N) is 1. The molecule has 0 amide bonds. The molecule has 2 N–H and O–H groups in total. The van der Waals surface area contributed by atoms with Gasteiger partial charge in [0.25, 0.3) is 0 Å². The maximum absolute atomic E-state index is 10.9. The highest BCUT2D eigenvalue weighted by Gasteiger charge is 2.10. The lowest BCUT2D eigenvalue weighted by atomic mass is 10.5. The van der Waals surface area contributed by atoms with Crippen LogP contribution in [0.1, 0.15) is 4.88 Å². The maximum Gasteiger partial charge on any atom is 0.193 e. The van der Waals surface area contributed by atoms with Gasteiger partial charge in [-0.3, -0.25) is 0 Å². The molecule has 0 saturated heterocycles. The third kappa shape index (κ3) is 1.98. The lowest BCUT2D eigenvalue weighted by Crippen LogP contribution is -1.96. The molecule has 62 valence electrons. The van der Waals surface area contributed by atoms with Crippen molar-refractivity contribution in [1.82, 2.24) is 4.37 Å². The summed E-state index contributed by atoms with van der Waals surface area (Å²) in [6, 6.07) is 1.50. The summed E-state index contributed by atoms with van der Waals surface area (Å²) in [7, 11) is -3.15. The van der Waals surface area contributed by atoms with E-state index >= 15 is 0 Å². The highest BCUT2D eigenvalue weighted by atomic mass is 32.2. The van der Waals surface area contributed by atoms with E-state index in [4.69, 9.17) is 5.73 Å². The van der Waals surface area contributed by atoms with Gasteiger partial charge in [0.05, 0.1) is 0 Å². The van der Waals surface area contributed by atoms with Gasteiger partial charge >= 0.3 is 0 Å². The Balaban J connectivity index is 3.09. The minimum atomic E-state index is -3.15. The van der Waals surface area contributed by atoms with Crippen LogP contribution in [0.3, 0.4) is 0 Å². The fourth-order valence-corrected chi connectivity index (χ4v) is 2.15. The molecule has 0 aliphatic rings. The second-order valence-corrected chi connectivity index (χ2v) is 4.96. The van der Waals surface area contributed by atoms with E-state index in [1.165, 1.54) is 6.07 Å². The predicted octanol–water partition coefficient (Wildman–Crippen LogP) is 0.00530. The molecule has 1 rings (SSSR count). The molecule has 1 aromatic heterocycles. The molecular formula is C5H8N2O2S2. The number of aromatic nitrogens is 1. The second-order valence-electron chi connectivity index (χ2n) is 2.11. The van der Waals surface area contributed by atoms with E-state index in [2.05, 4.69) is 4.37 Å². The Morgan fingerprint density at radius 2 is 2.36 bits per heavy atom. The fraction of sp³-hybridized carbons (Fsp3) is 0.400. The number of sulfone groups is 1. The molecule has 0 aliphatic heterocycles. The van der Waals surface area contributed by atoms with Crippen molar-refractivity contribution in [2.24, 2.45) is 5.73 Å². The Kier molecular flexibility index (Phi) is 2.26. The number of rotatable bonds is 2. The Bertz CT molecular complexity index is 341. The molecule has 0 fully saturated rings. The quantitative estimate of drug-likeness (QED) is 0.716. The third-order valence-corrected chi connectivity index (χ3v) is 3.01. The van der Waals surface area contributed by atoms with Gasteiger partial charge in [-0.15, -0.1) is 0 Å². The predicted molar refractivity (Wildman–Crippen MR) is 43.1 cm³/mol. The molecule has 0 unspecified atom stereocenters. The summed E-state index contributed by atoms with van der Waals surface area (Å²) < 4.78 is 25.5. The van der Waals surface area contributed by atoms with Gasteiger partial charge in [-0.25, -0.2) is 8.42 Å². The van der Waals surface area contributed by atoms with Crippen LogP contribution in [0.25, 0.3) is 0 Å². The second kappa shape index (κ2) is 2.88. The normalized spacial score (nSPS) is 11.8. The van der Waals surface area contributed by atoms with Crippen molar-refractivity contribution in [3.05, 3.63) is 10.9 Å². The average Bonchev–Trinajstić information content (AvgIpc) is 2.32. The Hall–Kier alpha value is -0.460. The van der Waals surface area contributed by atoms with E-state index in [0.717, 1.165) is 22.7 Å². The van der Waals surface area contributed by atoms with E-state index in [9.17, 15) is 8.42 Å². The van der Waals surface area contributed by atoms with Crippen LogP contribution in [0.5, 0.6) is 0 Å². The van der Waals surface area contributed by atoms with Crippen LogP contribution in [0.2, 0.25) is 0 Å². The summed E-state index contributed by atoms with van der Waals surface area (Å²) in [5, 5.41) is 0.114. The first-order valence-corrected chi connectivity index (χ1v) is 5.56. The van der Waals surface area contributed by atoms with E-state index in [-0.39, 0.29) is 5.03 Å². The van der Waals surface area contributed by atoms with Gasteiger partial charge in [0, 0.05) is 17.7 Å². The van der Waals surface area contributed by atoms with Crippen LogP contribution in [-0.2, 0) is 16.4 Å². The third-order valence-electron chi connectivity index (χ3n) is 1.12. The van der Waals surface area contributed by atoms with Crippen molar-refractivity contribution in [3.8, 4) is 0 Å². The molecule has 1 heterocycles. The van der Waals surface area contributed by atoms with Crippen LogP contribution in [-0.4, -0.2) is 19.0 Å². The van der Waals surface area contributed by atoms with Crippen molar-refractivity contribution >= 4 is 21.4 Å². The molecule has 4 nitrogen and oxygen atoms in total. The van der Waals surface area contributed by atoms with Gasteiger partial charge in [0.15, 0.2) is 14.9 Å². The summed E-state index contributed by atoms with van der Waals surface area (Å²) in [5.74, 6) is 0. The topological polar surface area (TPSA) is 73.0 Å². The van der Waals surface area contributed by atoms with Crippen molar-refractivity contribution in [1.29, 1.82) is 0 Å². The first kappa shape index (κ1) is 8.63. The van der Waals surface area contributed by atoms with E-state index in [1.54, 1.807) is 0 Å². The van der Waals surface area contributed by atoms with Gasteiger partial charge in [0.2, 0.25) is 0 Å². The zero-order chi connectivity index (χ0) is 8.48. The molecule has 0 radical (unpaired) electrons. The first-order valence-electron chi connectivity index (χ1n) is 2.90.